The van der Waals surface area contributed by atoms with Crippen LogP contribution in [0.3, 0.4) is 0 Å². The molecule has 0 saturated heterocycles. The Hall–Kier alpha value is -2.73. The summed E-state index contributed by atoms with van der Waals surface area (Å²) in [6, 6.07) is 14.0. The summed E-state index contributed by atoms with van der Waals surface area (Å²) in [5.41, 5.74) is 4.72. The summed E-state index contributed by atoms with van der Waals surface area (Å²) in [6.07, 6.45) is 6.10. The lowest BCUT2D eigenvalue weighted by Crippen LogP contribution is -2.24. The van der Waals surface area contributed by atoms with Crippen molar-refractivity contribution in [1.29, 1.82) is 0 Å². The lowest BCUT2D eigenvalue weighted by atomic mass is 9.98. The van der Waals surface area contributed by atoms with Crippen LogP contribution in [-0.2, 0) is 4.79 Å². The Balaban J connectivity index is 1.74. The van der Waals surface area contributed by atoms with Crippen LogP contribution < -0.4 is 0 Å². The number of benzene rings is 2. The highest BCUT2D eigenvalue weighted by atomic mass is 32.2. The zero-order valence-electron chi connectivity index (χ0n) is 14.6. The summed E-state index contributed by atoms with van der Waals surface area (Å²) in [5, 5.41) is 6.24. The van der Waals surface area contributed by atoms with Crippen molar-refractivity contribution >= 4 is 34.4 Å². The van der Waals surface area contributed by atoms with E-state index in [-0.39, 0.29) is 11.9 Å². The third-order valence-electron chi connectivity index (χ3n) is 4.53. The number of aromatic nitrogens is 2. The number of amides is 1. The largest absolute Gasteiger partial charge is 0.273 e. The third kappa shape index (κ3) is 2.97. The molecule has 0 aliphatic carbocycles. The molecule has 4 rings (SSSR count). The third-order valence-corrected chi connectivity index (χ3v) is 5.32. The number of hydrogen-bond acceptors (Lipinski definition) is 5. The Labute approximate surface area is 156 Å². The second kappa shape index (κ2) is 6.88. The van der Waals surface area contributed by atoms with Gasteiger partial charge in [-0.25, -0.2) is 5.01 Å². The second-order valence-electron chi connectivity index (χ2n) is 6.13. The van der Waals surface area contributed by atoms with E-state index >= 15 is 0 Å². The summed E-state index contributed by atoms with van der Waals surface area (Å²) in [6.45, 7) is 1.56. The molecule has 6 heteroatoms. The molecule has 1 unspecified atom stereocenters. The second-order valence-corrected chi connectivity index (χ2v) is 6.98. The summed E-state index contributed by atoms with van der Waals surface area (Å²) >= 11 is 1.69. The van der Waals surface area contributed by atoms with Gasteiger partial charge in [0.1, 0.15) is 0 Å². The Morgan fingerprint density at radius 1 is 1.12 bits per heavy atom. The van der Waals surface area contributed by atoms with Gasteiger partial charge in [0.05, 0.1) is 22.8 Å². The van der Waals surface area contributed by atoms with Crippen LogP contribution in [-0.4, -0.2) is 32.9 Å². The molecule has 0 saturated carbocycles. The van der Waals surface area contributed by atoms with Gasteiger partial charge in [-0.15, -0.1) is 11.8 Å². The monoisotopic (exact) mass is 362 g/mol. The van der Waals surface area contributed by atoms with E-state index in [1.807, 2.05) is 30.3 Å². The molecule has 1 atom stereocenters. The molecule has 1 aromatic heterocycles. The highest BCUT2D eigenvalue weighted by Gasteiger charge is 2.32. The quantitative estimate of drug-likeness (QED) is 0.660. The van der Waals surface area contributed by atoms with Crippen molar-refractivity contribution in [2.75, 3.05) is 6.26 Å². The number of thioether (sulfide) groups is 1. The summed E-state index contributed by atoms with van der Waals surface area (Å²) < 4.78 is 0. The Bertz CT molecular complexity index is 1020. The molecule has 130 valence electrons. The normalized spacial score (nSPS) is 16.8. The fourth-order valence-electron chi connectivity index (χ4n) is 3.29. The molecule has 2 aromatic carbocycles. The minimum absolute atomic E-state index is 0.0640. The molecule has 0 bridgehead atoms. The molecule has 0 fully saturated rings. The van der Waals surface area contributed by atoms with E-state index in [4.69, 9.17) is 0 Å². The number of carbonyl (C=O) groups excluding carboxylic acids is 1. The smallest absolute Gasteiger partial charge is 0.240 e. The molecule has 1 aliphatic rings. The lowest BCUT2D eigenvalue weighted by molar-refractivity contribution is -0.130. The number of rotatable bonds is 3. The van der Waals surface area contributed by atoms with Gasteiger partial charge in [0.25, 0.3) is 0 Å². The maximum Gasteiger partial charge on any atom is 0.240 e. The van der Waals surface area contributed by atoms with E-state index in [0.717, 1.165) is 27.9 Å². The minimum atomic E-state index is -0.121. The standard InChI is InChI=1S/C20H18N4OS/c1-13(25)24-19(14-7-8-16-18(11-14)22-10-9-21-16)12-17(23-24)15-5-3-4-6-20(15)26-2/h3-11,19H,12H2,1-2H3. The van der Waals surface area contributed by atoms with Gasteiger partial charge in [-0.3, -0.25) is 14.8 Å². The van der Waals surface area contributed by atoms with Gasteiger partial charge < -0.3 is 0 Å². The van der Waals surface area contributed by atoms with Gasteiger partial charge in [-0.2, -0.15) is 5.10 Å². The predicted molar refractivity (Wildman–Crippen MR) is 104 cm³/mol. The van der Waals surface area contributed by atoms with Crippen molar-refractivity contribution in [2.45, 2.75) is 24.3 Å². The van der Waals surface area contributed by atoms with E-state index in [1.54, 1.807) is 36.1 Å². The maximum atomic E-state index is 12.2. The number of hydrogen-bond donors (Lipinski definition) is 0. The highest BCUT2D eigenvalue weighted by Crippen LogP contribution is 2.35. The SMILES string of the molecule is CSc1ccccc1C1=NN(C(C)=O)C(c2ccc3nccnc3c2)C1. The molecular weight excluding hydrogens is 344 g/mol. The van der Waals surface area contributed by atoms with Gasteiger partial charge in [0.15, 0.2) is 0 Å². The van der Waals surface area contributed by atoms with Crippen molar-refractivity contribution in [3.63, 3.8) is 0 Å². The van der Waals surface area contributed by atoms with E-state index < -0.39 is 0 Å². The summed E-state index contributed by atoms with van der Waals surface area (Å²) in [5.74, 6) is -0.0640. The topological polar surface area (TPSA) is 58.5 Å². The molecule has 0 radical (unpaired) electrons. The van der Waals surface area contributed by atoms with Crippen LogP contribution in [0, 0.1) is 0 Å². The van der Waals surface area contributed by atoms with Crippen molar-refractivity contribution < 1.29 is 4.79 Å². The predicted octanol–water partition coefficient (Wildman–Crippen LogP) is 4.05. The Morgan fingerprint density at radius 3 is 2.65 bits per heavy atom. The van der Waals surface area contributed by atoms with Crippen LogP contribution in [0.4, 0.5) is 0 Å². The first-order chi connectivity index (χ1) is 12.7. The fourth-order valence-corrected chi connectivity index (χ4v) is 3.91. The average molecular weight is 362 g/mol. The molecule has 0 spiro atoms. The summed E-state index contributed by atoms with van der Waals surface area (Å²) in [4.78, 5) is 22.1. The number of nitrogens with zero attached hydrogens (tertiary/aromatic N) is 4. The molecule has 2 heterocycles. The number of fused-ring (bicyclic) bond motifs is 1. The van der Waals surface area contributed by atoms with Crippen LogP contribution in [0.15, 0.2) is 64.9 Å². The lowest BCUT2D eigenvalue weighted by Gasteiger charge is -2.20. The van der Waals surface area contributed by atoms with Gasteiger partial charge in [0.2, 0.25) is 5.91 Å². The van der Waals surface area contributed by atoms with Gasteiger partial charge in [0, 0.05) is 36.2 Å². The molecule has 1 amide bonds. The van der Waals surface area contributed by atoms with Crippen LogP contribution in [0.1, 0.15) is 30.5 Å². The zero-order valence-corrected chi connectivity index (χ0v) is 15.4. The van der Waals surface area contributed by atoms with E-state index in [9.17, 15) is 4.79 Å². The first-order valence-corrected chi connectivity index (χ1v) is 9.61. The molecule has 0 N–H and O–H groups in total. The summed E-state index contributed by atoms with van der Waals surface area (Å²) in [7, 11) is 0. The fraction of sp³-hybridized carbons (Fsp3) is 0.200. The Morgan fingerprint density at radius 2 is 1.88 bits per heavy atom. The van der Waals surface area contributed by atoms with E-state index in [2.05, 4.69) is 33.5 Å². The van der Waals surface area contributed by atoms with E-state index in [0.29, 0.717) is 6.42 Å². The number of hydrazone groups is 1. The molecule has 3 aromatic rings. The van der Waals surface area contributed by atoms with Gasteiger partial charge in [-0.05, 0) is 30.0 Å². The number of carbonyl (C=O) groups is 1. The molecular formula is C20H18N4OS. The van der Waals surface area contributed by atoms with Crippen molar-refractivity contribution in [3.05, 3.63) is 66.0 Å². The van der Waals surface area contributed by atoms with E-state index in [1.165, 1.54) is 4.90 Å². The van der Waals surface area contributed by atoms with Gasteiger partial charge >= 0.3 is 0 Å². The van der Waals surface area contributed by atoms with Crippen LogP contribution in [0.2, 0.25) is 0 Å². The van der Waals surface area contributed by atoms with Crippen molar-refractivity contribution in [1.82, 2.24) is 15.0 Å². The van der Waals surface area contributed by atoms with Gasteiger partial charge in [-0.1, -0.05) is 24.3 Å². The first kappa shape index (κ1) is 16.7. The average Bonchev–Trinajstić information content (AvgIpc) is 3.13. The highest BCUT2D eigenvalue weighted by molar-refractivity contribution is 7.98. The minimum Gasteiger partial charge on any atom is -0.273 e. The van der Waals surface area contributed by atoms with Crippen LogP contribution in [0.5, 0.6) is 0 Å². The van der Waals surface area contributed by atoms with Crippen molar-refractivity contribution in [3.8, 4) is 0 Å². The maximum absolute atomic E-state index is 12.2. The zero-order chi connectivity index (χ0) is 18.1. The molecule has 1 aliphatic heterocycles. The molecule has 5 nitrogen and oxygen atoms in total. The molecule has 26 heavy (non-hydrogen) atoms. The first-order valence-electron chi connectivity index (χ1n) is 8.38. The Kier molecular flexibility index (Phi) is 4.42. The van der Waals surface area contributed by atoms with Crippen molar-refractivity contribution in [2.24, 2.45) is 5.10 Å². The van der Waals surface area contributed by atoms with Crippen LogP contribution in [0.25, 0.3) is 11.0 Å². The van der Waals surface area contributed by atoms with Crippen LogP contribution >= 0.6 is 11.8 Å².